The van der Waals surface area contributed by atoms with Gasteiger partial charge in [0.25, 0.3) is 5.91 Å². The van der Waals surface area contributed by atoms with E-state index in [1.54, 1.807) is 18.2 Å². The molecule has 0 aliphatic carbocycles. The van der Waals surface area contributed by atoms with Gasteiger partial charge < -0.3 is 10.1 Å². The van der Waals surface area contributed by atoms with Crippen molar-refractivity contribution in [2.75, 3.05) is 13.2 Å². The summed E-state index contributed by atoms with van der Waals surface area (Å²) in [5, 5.41) is 7.19. The number of nitrogens with one attached hydrogen (secondary N) is 2. The van der Waals surface area contributed by atoms with Crippen molar-refractivity contribution >= 4 is 40.1 Å². The van der Waals surface area contributed by atoms with E-state index in [0.29, 0.717) is 28.7 Å². The molecule has 3 rings (SSSR count). The predicted molar refractivity (Wildman–Crippen MR) is 107 cm³/mol. The molecule has 28 heavy (non-hydrogen) atoms. The second-order valence-corrected chi connectivity index (χ2v) is 6.88. The number of ether oxygens (including phenoxy) is 1. The summed E-state index contributed by atoms with van der Waals surface area (Å²) in [6, 6.07) is 12.1. The van der Waals surface area contributed by atoms with Gasteiger partial charge in [-0.15, -0.1) is 11.3 Å². The summed E-state index contributed by atoms with van der Waals surface area (Å²) in [5.74, 6) is -1.35. The molecule has 8 heteroatoms. The number of aromatic nitrogens is 1. The molecular weight excluding hydrogens is 378 g/mol. The Hall–Kier alpha value is -3.26. The number of fused-ring (bicyclic) bond motifs is 1. The normalized spacial score (nSPS) is 10.5. The van der Waals surface area contributed by atoms with Crippen molar-refractivity contribution < 1.29 is 19.1 Å². The molecule has 0 aliphatic heterocycles. The molecule has 2 aromatic heterocycles. The molecule has 1 aromatic carbocycles. The second kappa shape index (κ2) is 9.09. The highest BCUT2D eigenvalue weighted by Gasteiger charge is 2.17. The molecule has 0 aliphatic rings. The molecule has 0 saturated heterocycles. The van der Waals surface area contributed by atoms with E-state index in [0.717, 1.165) is 11.3 Å². The molecule has 0 saturated carbocycles. The summed E-state index contributed by atoms with van der Waals surface area (Å²) >= 11 is 1.51. The third kappa shape index (κ3) is 4.72. The van der Waals surface area contributed by atoms with Gasteiger partial charge in [-0.25, -0.2) is 14.6 Å². The molecule has 0 atom stereocenters. The van der Waals surface area contributed by atoms with Crippen LogP contribution < -0.4 is 10.6 Å². The number of carbonyl (C=O) groups excluding carboxylic acids is 3. The van der Waals surface area contributed by atoms with E-state index < -0.39 is 24.5 Å². The summed E-state index contributed by atoms with van der Waals surface area (Å²) < 4.78 is 5.12. The highest BCUT2D eigenvalue weighted by atomic mass is 32.1. The average molecular weight is 397 g/mol. The largest absolute Gasteiger partial charge is 0.452 e. The fraction of sp³-hybridized carbons (Fsp3) is 0.200. The van der Waals surface area contributed by atoms with E-state index in [1.165, 1.54) is 11.3 Å². The Kier molecular flexibility index (Phi) is 6.33. The van der Waals surface area contributed by atoms with Crippen molar-refractivity contribution in [2.45, 2.75) is 13.3 Å². The highest BCUT2D eigenvalue weighted by Crippen LogP contribution is 2.28. The molecule has 0 spiro atoms. The third-order valence-corrected chi connectivity index (χ3v) is 4.72. The van der Waals surface area contributed by atoms with Crippen LogP contribution in [0.4, 0.5) is 4.79 Å². The van der Waals surface area contributed by atoms with Gasteiger partial charge in [-0.3, -0.25) is 10.1 Å². The van der Waals surface area contributed by atoms with E-state index in [2.05, 4.69) is 15.6 Å². The first-order chi connectivity index (χ1) is 13.6. The number of hydrogen-bond acceptors (Lipinski definition) is 6. The number of urea groups is 1. The van der Waals surface area contributed by atoms with E-state index in [4.69, 9.17) is 4.74 Å². The van der Waals surface area contributed by atoms with Gasteiger partial charge in [0.2, 0.25) is 0 Å². The Morgan fingerprint density at radius 3 is 2.71 bits per heavy atom. The Morgan fingerprint density at radius 1 is 1.14 bits per heavy atom. The van der Waals surface area contributed by atoms with Crippen LogP contribution in [0.3, 0.4) is 0 Å². The zero-order chi connectivity index (χ0) is 19.9. The van der Waals surface area contributed by atoms with Crippen molar-refractivity contribution in [3.63, 3.8) is 0 Å². The Morgan fingerprint density at radius 2 is 1.96 bits per heavy atom. The lowest BCUT2D eigenvalue weighted by Crippen LogP contribution is -2.41. The predicted octanol–water partition coefficient (Wildman–Crippen LogP) is 3.36. The smallest absolute Gasteiger partial charge is 0.339 e. The number of pyridine rings is 1. The van der Waals surface area contributed by atoms with Crippen LogP contribution in [-0.4, -0.2) is 36.0 Å². The molecule has 0 unspecified atom stereocenters. The molecular formula is C20H19N3O4S. The summed E-state index contributed by atoms with van der Waals surface area (Å²) in [6.45, 7) is 1.80. The second-order valence-electron chi connectivity index (χ2n) is 5.93. The van der Waals surface area contributed by atoms with Crippen LogP contribution in [0, 0.1) is 0 Å². The monoisotopic (exact) mass is 397 g/mol. The van der Waals surface area contributed by atoms with E-state index in [9.17, 15) is 14.4 Å². The van der Waals surface area contributed by atoms with Crippen LogP contribution >= 0.6 is 11.3 Å². The molecule has 0 bridgehead atoms. The van der Waals surface area contributed by atoms with Crippen LogP contribution in [0.15, 0.2) is 47.8 Å². The number of imide groups is 1. The summed E-state index contributed by atoms with van der Waals surface area (Å²) in [4.78, 5) is 41.4. The van der Waals surface area contributed by atoms with Crippen LogP contribution in [0.2, 0.25) is 0 Å². The number of nitrogens with zero attached hydrogens (tertiary/aromatic N) is 1. The maximum absolute atomic E-state index is 12.6. The first kappa shape index (κ1) is 19.5. The minimum Gasteiger partial charge on any atom is -0.452 e. The average Bonchev–Trinajstić information content (AvgIpc) is 3.24. The molecule has 7 nitrogen and oxygen atoms in total. The van der Waals surface area contributed by atoms with E-state index in [1.807, 2.05) is 36.6 Å². The van der Waals surface area contributed by atoms with Crippen molar-refractivity contribution in [1.29, 1.82) is 0 Å². The minimum atomic E-state index is -0.696. The standard InChI is InChI=1S/C20H19N3O4S/c1-2-9-21-20(26)23-18(24)12-27-19(25)14-11-16(17-8-5-10-28-17)22-15-7-4-3-6-13(14)15/h3-8,10-11H,2,9,12H2,1H3,(H2,21,23,24,26). The number of amides is 3. The number of thiophene rings is 1. The van der Waals surface area contributed by atoms with Gasteiger partial charge >= 0.3 is 12.0 Å². The zero-order valence-electron chi connectivity index (χ0n) is 15.2. The fourth-order valence-electron chi connectivity index (χ4n) is 2.55. The van der Waals surface area contributed by atoms with Crippen LogP contribution in [0.25, 0.3) is 21.5 Å². The van der Waals surface area contributed by atoms with E-state index in [-0.39, 0.29) is 0 Å². The molecule has 2 heterocycles. The lowest BCUT2D eigenvalue weighted by atomic mass is 10.1. The van der Waals surface area contributed by atoms with Crippen LogP contribution in [0.5, 0.6) is 0 Å². The quantitative estimate of drug-likeness (QED) is 0.622. The van der Waals surface area contributed by atoms with Crippen LogP contribution in [0.1, 0.15) is 23.7 Å². The van der Waals surface area contributed by atoms with Gasteiger partial charge in [-0.05, 0) is 30.0 Å². The highest BCUT2D eigenvalue weighted by molar-refractivity contribution is 7.13. The van der Waals surface area contributed by atoms with Crippen molar-refractivity contribution in [2.24, 2.45) is 0 Å². The number of carbonyl (C=O) groups is 3. The Balaban J connectivity index is 1.76. The van der Waals surface area contributed by atoms with Crippen molar-refractivity contribution in [1.82, 2.24) is 15.6 Å². The van der Waals surface area contributed by atoms with E-state index >= 15 is 0 Å². The summed E-state index contributed by atoms with van der Waals surface area (Å²) in [5.41, 5.74) is 1.63. The number of benzene rings is 1. The van der Waals surface area contributed by atoms with Gasteiger partial charge in [0, 0.05) is 11.9 Å². The van der Waals surface area contributed by atoms with Crippen LogP contribution in [-0.2, 0) is 9.53 Å². The lowest BCUT2D eigenvalue weighted by molar-refractivity contribution is -0.123. The molecule has 0 radical (unpaired) electrons. The maximum Gasteiger partial charge on any atom is 0.339 e. The fourth-order valence-corrected chi connectivity index (χ4v) is 3.24. The van der Waals surface area contributed by atoms with Gasteiger partial charge in [0.15, 0.2) is 6.61 Å². The maximum atomic E-state index is 12.6. The SMILES string of the molecule is CCCNC(=O)NC(=O)COC(=O)c1cc(-c2cccs2)nc2ccccc12. The third-order valence-electron chi connectivity index (χ3n) is 3.83. The molecule has 144 valence electrons. The molecule has 3 aromatic rings. The Bertz CT molecular complexity index is 1000. The summed E-state index contributed by atoms with van der Waals surface area (Å²) in [6.07, 6.45) is 0.748. The number of para-hydroxylation sites is 1. The van der Waals surface area contributed by atoms with Crippen molar-refractivity contribution in [3.05, 3.63) is 53.4 Å². The number of esters is 1. The Labute approximate surface area is 165 Å². The number of hydrogen-bond donors (Lipinski definition) is 2. The van der Waals surface area contributed by atoms with Crippen molar-refractivity contribution in [3.8, 4) is 10.6 Å². The minimum absolute atomic E-state index is 0.317. The molecule has 0 fully saturated rings. The lowest BCUT2D eigenvalue weighted by Gasteiger charge is -2.10. The van der Waals surface area contributed by atoms with Gasteiger partial charge in [-0.2, -0.15) is 0 Å². The van der Waals surface area contributed by atoms with Gasteiger partial charge in [0.1, 0.15) is 0 Å². The molecule has 2 N–H and O–H groups in total. The molecule has 3 amide bonds. The summed E-state index contributed by atoms with van der Waals surface area (Å²) in [7, 11) is 0. The van der Waals surface area contributed by atoms with Gasteiger partial charge in [-0.1, -0.05) is 31.2 Å². The first-order valence-electron chi connectivity index (χ1n) is 8.77. The zero-order valence-corrected chi connectivity index (χ0v) is 16.0. The number of rotatable bonds is 6. The van der Waals surface area contributed by atoms with Gasteiger partial charge in [0.05, 0.1) is 21.7 Å². The topological polar surface area (TPSA) is 97.4 Å². The first-order valence-corrected chi connectivity index (χ1v) is 9.65.